The Morgan fingerprint density at radius 2 is 2.03 bits per heavy atom. The molecule has 10 heteroatoms. The van der Waals surface area contributed by atoms with Gasteiger partial charge in [0.05, 0.1) is 23.1 Å². The van der Waals surface area contributed by atoms with Gasteiger partial charge in [0.25, 0.3) is 0 Å². The van der Waals surface area contributed by atoms with Crippen LogP contribution in [-0.2, 0) is 9.59 Å². The van der Waals surface area contributed by atoms with Crippen LogP contribution in [0.2, 0.25) is 0 Å². The van der Waals surface area contributed by atoms with Crippen molar-refractivity contribution >= 4 is 40.8 Å². The topological polar surface area (TPSA) is 142 Å². The molecule has 8 nitrogen and oxygen atoms in total. The normalized spacial score (nSPS) is 30.7. The Bertz CT molecular complexity index is 997. The van der Waals surface area contributed by atoms with Crippen LogP contribution < -0.4 is 16.8 Å². The predicted molar refractivity (Wildman–Crippen MR) is 131 cm³/mol. The van der Waals surface area contributed by atoms with E-state index in [4.69, 9.17) is 23.7 Å². The largest absolute Gasteiger partial charge is 0.477 e. The number of fused-ring (bicyclic) bond motifs is 1. The van der Waals surface area contributed by atoms with E-state index in [1.807, 2.05) is 19.1 Å². The van der Waals surface area contributed by atoms with E-state index in [-0.39, 0.29) is 40.9 Å². The molecule has 3 aliphatic heterocycles. The number of aliphatic hydroxyl groups is 1. The molecule has 0 bridgehead atoms. The minimum atomic E-state index is -1.09. The average Bonchev–Trinajstić information content (AvgIpc) is 3.30. The molecular weight excluding hydrogens is 460 g/mol. The van der Waals surface area contributed by atoms with Crippen LogP contribution in [-0.4, -0.2) is 55.9 Å². The number of nitrogens with one attached hydrogen (secondary N) is 1. The van der Waals surface area contributed by atoms with Crippen LogP contribution in [0.1, 0.15) is 49.9 Å². The Hall–Kier alpha value is -1.98. The zero-order valence-corrected chi connectivity index (χ0v) is 20.2. The first-order valence-corrected chi connectivity index (χ1v) is 12.4. The fourth-order valence-electron chi connectivity index (χ4n) is 5.22. The lowest BCUT2D eigenvalue weighted by molar-refractivity contribution is -0.163. The predicted octanol–water partition coefficient (Wildman–Crippen LogP) is 1.65. The third-order valence-electron chi connectivity index (χ3n) is 6.88. The molecule has 1 aromatic carbocycles. The summed E-state index contributed by atoms with van der Waals surface area (Å²) in [6, 6.07) is 7.75. The number of thiocarbonyl (C=S) groups is 1. The first kappa shape index (κ1) is 24.2. The zero-order valence-electron chi connectivity index (χ0n) is 18.6. The number of rotatable bonds is 8. The molecule has 3 heterocycles. The monoisotopic (exact) mass is 490 g/mol. The lowest BCUT2D eigenvalue weighted by atomic mass is 9.79. The molecule has 3 aliphatic rings. The number of carbonyl (C=O) groups excluding carboxylic acids is 1. The molecule has 0 radical (unpaired) electrons. The van der Waals surface area contributed by atoms with Gasteiger partial charge in [-0.1, -0.05) is 43.4 Å². The Balaban J connectivity index is 1.44. The van der Waals surface area contributed by atoms with E-state index in [9.17, 15) is 19.8 Å². The van der Waals surface area contributed by atoms with Crippen molar-refractivity contribution in [3.63, 3.8) is 0 Å². The maximum atomic E-state index is 12.5. The SMILES string of the molecule is C[C@@H](O)[C@H]1C(=O)N2C(C(=O)O)=C(S[C@@H]3CN[C@@H](c4ccc(C(N)CC(N)=S)cc4)C3)[C@H](C)[C@H]12. The van der Waals surface area contributed by atoms with Gasteiger partial charge in [-0.3, -0.25) is 4.79 Å². The first-order valence-electron chi connectivity index (χ1n) is 11.1. The summed E-state index contributed by atoms with van der Waals surface area (Å²) >= 11 is 6.49. The smallest absolute Gasteiger partial charge is 0.353 e. The summed E-state index contributed by atoms with van der Waals surface area (Å²) in [5.41, 5.74) is 13.9. The summed E-state index contributed by atoms with van der Waals surface area (Å²) in [6.07, 6.45) is 0.504. The third kappa shape index (κ3) is 4.42. The van der Waals surface area contributed by atoms with Gasteiger partial charge in [0, 0.05) is 41.1 Å². The molecule has 7 atom stereocenters. The van der Waals surface area contributed by atoms with E-state index < -0.39 is 18.0 Å². The lowest BCUT2D eigenvalue weighted by Crippen LogP contribution is -2.63. The van der Waals surface area contributed by atoms with Crippen LogP contribution in [0, 0.1) is 11.8 Å². The van der Waals surface area contributed by atoms with Crippen molar-refractivity contribution in [2.24, 2.45) is 23.3 Å². The van der Waals surface area contributed by atoms with Gasteiger partial charge < -0.3 is 31.9 Å². The molecule has 4 rings (SSSR count). The van der Waals surface area contributed by atoms with E-state index in [1.165, 1.54) is 4.90 Å². The second kappa shape index (κ2) is 9.34. The van der Waals surface area contributed by atoms with Crippen molar-refractivity contribution in [1.29, 1.82) is 0 Å². The number of hydrogen-bond donors (Lipinski definition) is 5. The first-order chi connectivity index (χ1) is 15.6. The van der Waals surface area contributed by atoms with Crippen LogP contribution >= 0.6 is 24.0 Å². The number of carboxylic acids is 1. The minimum absolute atomic E-state index is 0.0824. The van der Waals surface area contributed by atoms with Gasteiger partial charge in [-0.2, -0.15) is 0 Å². The molecule has 1 aromatic rings. The molecule has 2 fully saturated rings. The number of aliphatic hydroxyl groups excluding tert-OH is 1. The zero-order chi connectivity index (χ0) is 24.0. The quantitative estimate of drug-likeness (QED) is 0.272. The number of carboxylic acid groups (broad SMARTS) is 1. The summed E-state index contributed by atoms with van der Waals surface area (Å²) in [7, 11) is 0. The van der Waals surface area contributed by atoms with Crippen molar-refractivity contribution < 1.29 is 19.8 Å². The highest BCUT2D eigenvalue weighted by atomic mass is 32.2. The third-order valence-corrected chi connectivity index (χ3v) is 8.56. The van der Waals surface area contributed by atoms with Crippen LogP contribution in [0.25, 0.3) is 0 Å². The molecule has 178 valence electrons. The second-order valence-electron chi connectivity index (χ2n) is 9.15. The number of amides is 1. The van der Waals surface area contributed by atoms with Crippen molar-refractivity contribution in [1.82, 2.24) is 10.2 Å². The molecule has 0 aliphatic carbocycles. The molecule has 0 aromatic heterocycles. The number of benzene rings is 1. The van der Waals surface area contributed by atoms with Crippen LogP contribution in [0.4, 0.5) is 0 Å². The Morgan fingerprint density at radius 1 is 1.36 bits per heavy atom. The number of carbonyl (C=O) groups is 2. The van der Waals surface area contributed by atoms with Gasteiger partial charge in [-0.25, -0.2) is 4.79 Å². The molecule has 0 spiro atoms. The van der Waals surface area contributed by atoms with Gasteiger partial charge in [-0.05, 0) is 24.5 Å². The van der Waals surface area contributed by atoms with E-state index in [1.54, 1.807) is 18.7 Å². The Labute approximate surface area is 202 Å². The fraction of sp³-hybridized carbons (Fsp3) is 0.522. The van der Waals surface area contributed by atoms with Crippen molar-refractivity contribution in [3.05, 3.63) is 46.0 Å². The van der Waals surface area contributed by atoms with E-state index in [2.05, 4.69) is 17.4 Å². The van der Waals surface area contributed by atoms with E-state index in [0.717, 1.165) is 29.0 Å². The van der Waals surface area contributed by atoms with E-state index in [0.29, 0.717) is 11.4 Å². The van der Waals surface area contributed by atoms with Crippen molar-refractivity contribution in [3.8, 4) is 0 Å². The summed E-state index contributed by atoms with van der Waals surface area (Å²) in [5.74, 6) is -2.05. The summed E-state index contributed by atoms with van der Waals surface area (Å²) in [4.78, 5) is 27.0. The van der Waals surface area contributed by atoms with Crippen LogP contribution in [0.5, 0.6) is 0 Å². The highest BCUT2D eigenvalue weighted by Crippen LogP contribution is 2.52. The van der Waals surface area contributed by atoms with Crippen molar-refractivity contribution in [2.45, 2.75) is 56.2 Å². The average molecular weight is 491 g/mol. The standard InChI is InChI=1S/C23H30N4O4S2/c1-10-19-18(11(2)28)22(29)27(19)20(23(30)31)21(10)33-14-7-16(26-9-14)13-5-3-12(4-6-13)15(24)8-17(25)32/h3-6,10-11,14-16,18-19,26,28H,7-9,24H2,1-2H3,(H2,25,32)(H,30,31)/t10-,11-,14+,15?,16-,18-,19-/m1/s1. The fourth-order valence-corrected chi connectivity index (χ4v) is 6.87. The van der Waals surface area contributed by atoms with Gasteiger partial charge in [0.1, 0.15) is 5.70 Å². The Morgan fingerprint density at radius 3 is 2.61 bits per heavy atom. The van der Waals surface area contributed by atoms with Crippen LogP contribution in [0.3, 0.4) is 0 Å². The molecule has 1 unspecified atom stereocenters. The Kier molecular flexibility index (Phi) is 6.84. The minimum Gasteiger partial charge on any atom is -0.477 e. The molecule has 1 amide bonds. The molecular formula is C23H30N4O4S2. The van der Waals surface area contributed by atoms with Crippen LogP contribution in [0.15, 0.2) is 34.9 Å². The second-order valence-corrected chi connectivity index (χ2v) is 11.0. The summed E-state index contributed by atoms with van der Waals surface area (Å²) in [6.45, 7) is 4.28. The lowest BCUT2D eigenvalue weighted by Gasteiger charge is -2.46. The number of nitrogens with zero attached hydrogens (tertiary/aromatic N) is 1. The van der Waals surface area contributed by atoms with Gasteiger partial charge in [-0.15, -0.1) is 11.8 Å². The number of thioether (sulfide) groups is 1. The van der Waals surface area contributed by atoms with Crippen molar-refractivity contribution in [2.75, 3.05) is 6.54 Å². The molecule has 0 saturated carbocycles. The number of hydrogen-bond acceptors (Lipinski definition) is 7. The van der Waals surface area contributed by atoms with E-state index >= 15 is 0 Å². The van der Waals surface area contributed by atoms with Gasteiger partial charge in [0.2, 0.25) is 5.91 Å². The highest BCUT2D eigenvalue weighted by Gasteiger charge is 2.60. The molecule has 33 heavy (non-hydrogen) atoms. The maximum absolute atomic E-state index is 12.5. The van der Waals surface area contributed by atoms with Gasteiger partial charge >= 0.3 is 5.97 Å². The highest BCUT2D eigenvalue weighted by molar-refractivity contribution is 8.03. The molecule has 2 saturated heterocycles. The van der Waals surface area contributed by atoms with Gasteiger partial charge in [0.15, 0.2) is 0 Å². The molecule has 7 N–H and O–H groups in total. The number of β-lactam (4-membered cyclic amide) rings is 1. The summed E-state index contributed by atoms with van der Waals surface area (Å²) < 4.78 is 0. The number of aliphatic carboxylic acids is 1. The maximum Gasteiger partial charge on any atom is 0.353 e. The summed E-state index contributed by atoms with van der Waals surface area (Å²) in [5, 5.41) is 23.5. The number of nitrogens with two attached hydrogens (primary N) is 2.